The molecule has 0 amide bonds. The van der Waals surface area contributed by atoms with Crippen LogP contribution in [0.2, 0.25) is 0 Å². The number of nitrogens with zero attached hydrogens (tertiary/aromatic N) is 6. The van der Waals surface area contributed by atoms with Crippen LogP contribution in [0.15, 0.2) is 49.2 Å². The van der Waals surface area contributed by atoms with E-state index in [1.165, 1.54) is 6.33 Å². The molecule has 4 atom stereocenters. The van der Waals surface area contributed by atoms with Crippen molar-refractivity contribution in [1.82, 2.24) is 29.3 Å². The third-order valence-corrected chi connectivity index (χ3v) is 6.55. The van der Waals surface area contributed by atoms with Gasteiger partial charge in [0.25, 0.3) is 0 Å². The number of fused-ring (bicyclic) bond motifs is 1. The fourth-order valence-corrected chi connectivity index (χ4v) is 4.54. The lowest BCUT2D eigenvalue weighted by atomic mass is 9.94. The van der Waals surface area contributed by atoms with Crippen LogP contribution in [0, 0.1) is 17.5 Å². The van der Waals surface area contributed by atoms with E-state index in [0.717, 1.165) is 34.4 Å². The van der Waals surface area contributed by atoms with Crippen LogP contribution in [0.1, 0.15) is 23.9 Å². The summed E-state index contributed by atoms with van der Waals surface area (Å²) in [7, 11) is 1.87. The van der Waals surface area contributed by atoms with Crippen molar-refractivity contribution in [2.75, 3.05) is 6.61 Å². The van der Waals surface area contributed by atoms with Gasteiger partial charge in [-0.05, 0) is 30.3 Å². The van der Waals surface area contributed by atoms with Crippen molar-refractivity contribution in [3.8, 4) is 5.69 Å². The van der Waals surface area contributed by atoms with Gasteiger partial charge in [-0.2, -0.15) is 5.10 Å². The fourth-order valence-electron chi connectivity index (χ4n) is 4.54. The van der Waals surface area contributed by atoms with Crippen LogP contribution in [0.4, 0.5) is 13.2 Å². The molecule has 2 aromatic carbocycles. The van der Waals surface area contributed by atoms with Crippen LogP contribution in [-0.4, -0.2) is 64.4 Å². The molecule has 2 aromatic heterocycles. The molecule has 0 saturated carbocycles. The van der Waals surface area contributed by atoms with E-state index in [9.17, 15) is 23.4 Å². The number of hydrogen-bond donors (Lipinski definition) is 4. The van der Waals surface area contributed by atoms with Gasteiger partial charge in [-0.1, -0.05) is 0 Å². The number of hydrogen-bond acceptors (Lipinski definition) is 9. The monoisotopic (exact) mass is 530 g/mol. The van der Waals surface area contributed by atoms with Crippen molar-refractivity contribution < 1.29 is 28.1 Å². The lowest BCUT2D eigenvalue weighted by Gasteiger charge is -2.41. The Kier molecular flexibility index (Phi) is 6.79. The lowest BCUT2D eigenvalue weighted by molar-refractivity contribution is -0.165. The Balaban J connectivity index is 1.44. The van der Waals surface area contributed by atoms with Crippen molar-refractivity contribution in [3.05, 3.63) is 78.0 Å². The van der Waals surface area contributed by atoms with E-state index >= 15 is 0 Å². The van der Waals surface area contributed by atoms with Gasteiger partial charge in [-0.15, -0.1) is 0 Å². The topological polar surface area (TPSA) is 154 Å². The highest BCUT2D eigenvalue weighted by Crippen LogP contribution is 2.34. The molecule has 0 radical (unpaired) electrons. The van der Waals surface area contributed by atoms with Gasteiger partial charge in [0.05, 0.1) is 41.4 Å². The zero-order valence-electron chi connectivity index (χ0n) is 20.1. The van der Waals surface area contributed by atoms with E-state index in [0.29, 0.717) is 11.5 Å². The number of benzene rings is 2. The van der Waals surface area contributed by atoms with Crippen molar-refractivity contribution in [2.24, 2.45) is 18.6 Å². The first kappa shape index (κ1) is 25.7. The van der Waals surface area contributed by atoms with Gasteiger partial charge in [0.1, 0.15) is 24.6 Å². The lowest BCUT2D eigenvalue weighted by Crippen LogP contribution is -2.55. The molecule has 1 aliphatic rings. The number of ether oxygens (including phenoxy) is 1. The molecule has 1 saturated heterocycles. The average Bonchev–Trinajstić information content (AvgIpc) is 3.54. The number of imidazole rings is 1. The maximum absolute atomic E-state index is 13.7. The number of hydrazine groups is 1. The molecule has 4 aromatic rings. The summed E-state index contributed by atoms with van der Waals surface area (Å²) in [6, 6.07) is 6.17. The molecule has 0 aliphatic carbocycles. The largest absolute Gasteiger partial charge is 0.397 e. The third-order valence-electron chi connectivity index (χ3n) is 6.55. The normalized spacial score (nSPS) is 22.2. The molecule has 0 bridgehead atoms. The van der Waals surface area contributed by atoms with Crippen LogP contribution in [0.5, 0.6) is 0 Å². The summed E-state index contributed by atoms with van der Waals surface area (Å²) in [4.78, 5) is 8.67. The number of rotatable bonds is 6. The van der Waals surface area contributed by atoms with Crippen molar-refractivity contribution >= 4 is 16.7 Å². The fraction of sp³-hybridized carbons (Fsp3) is 0.292. The molecule has 5 rings (SSSR count). The Morgan fingerprint density at radius 2 is 1.95 bits per heavy atom. The minimum absolute atomic E-state index is 0.0940. The average molecular weight is 531 g/mol. The molecule has 4 unspecified atom stereocenters. The van der Waals surface area contributed by atoms with Gasteiger partial charge in [-0.3, -0.25) is 0 Å². The van der Waals surface area contributed by atoms with E-state index in [2.05, 4.69) is 15.1 Å². The maximum atomic E-state index is 13.7. The summed E-state index contributed by atoms with van der Waals surface area (Å²) in [5.74, 6) is 2.16. The highest BCUT2D eigenvalue weighted by atomic mass is 19.2. The molecule has 0 spiro atoms. The SMILES string of the molecule is Cn1cnc2ccc(-n3ncnc3C3CC(N(N)/C=C(\N)c4cc(F)c(F)c(F)c4)C(O)C(CO)O3)cc21. The van der Waals surface area contributed by atoms with Crippen molar-refractivity contribution in [1.29, 1.82) is 0 Å². The first-order valence-electron chi connectivity index (χ1n) is 11.6. The predicted molar refractivity (Wildman–Crippen MR) is 129 cm³/mol. The first-order valence-corrected chi connectivity index (χ1v) is 11.6. The molecule has 11 nitrogen and oxygen atoms in total. The zero-order valence-corrected chi connectivity index (χ0v) is 20.1. The van der Waals surface area contributed by atoms with Gasteiger partial charge in [-0.25, -0.2) is 33.7 Å². The van der Waals surface area contributed by atoms with Crippen LogP contribution in [-0.2, 0) is 11.8 Å². The minimum atomic E-state index is -1.62. The number of aryl methyl sites for hydroxylation is 1. The number of nitrogens with two attached hydrogens (primary N) is 2. The number of aromatic nitrogens is 5. The predicted octanol–water partition coefficient (Wildman–Crippen LogP) is 1.26. The van der Waals surface area contributed by atoms with E-state index in [4.69, 9.17) is 16.3 Å². The summed E-state index contributed by atoms with van der Waals surface area (Å²) >= 11 is 0. The van der Waals surface area contributed by atoms with Crippen LogP contribution >= 0.6 is 0 Å². The second kappa shape index (κ2) is 10.1. The Labute approximate surface area is 214 Å². The Morgan fingerprint density at radius 1 is 1.21 bits per heavy atom. The highest BCUT2D eigenvalue weighted by Gasteiger charge is 2.41. The first-order chi connectivity index (χ1) is 18.2. The highest BCUT2D eigenvalue weighted by molar-refractivity contribution is 5.77. The van der Waals surface area contributed by atoms with Gasteiger partial charge in [0.2, 0.25) is 0 Å². The molecule has 14 heteroatoms. The van der Waals surface area contributed by atoms with E-state index < -0.39 is 48.4 Å². The van der Waals surface area contributed by atoms with Gasteiger partial charge in [0.15, 0.2) is 23.3 Å². The molecule has 1 fully saturated rings. The molecular weight excluding hydrogens is 505 g/mol. The summed E-state index contributed by atoms with van der Waals surface area (Å²) < 4.78 is 50.1. The Hall–Kier alpha value is -3.98. The van der Waals surface area contributed by atoms with Gasteiger partial charge < -0.3 is 30.3 Å². The van der Waals surface area contributed by atoms with E-state index in [-0.39, 0.29) is 17.7 Å². The van der Waals surface area contributed by atoms with Crippen LogP contribution in [0.25, 0.3) is 22.4 Å². The standard InChI is InChI=1S/C24H25F3N8O3/c1-33-11-31-17-3-2-13(6-18(17)33)35-24(30-10-32-35)20-7-19(23(37)21(9-36)38-20)34(29)8-16(28)12-4-14(25)22(27)15(26)5-12/h2-6,8,10-11,19-21,23,36-37H,7,9,28-29H2,1H3/b16-8-. The minimum Gasteiger partial charge on any atom is -0.397 e. The van der Waals surface area contributed by atoms with Crippen LogP contribution in [0.3, 0.4) is 0 Å². The third kappa shape index (κ3) is 4.58. The summed E-state index contributed by atoms with van der Waals surface area (Å²) in [6.07, 6.45) is 1.26. The van der Waals surface area contributed by atoms with E-state index in [1.54, 1.807) is 11.0 Å². The summed E-state index contributed by atoms with van der Waals surface area (Å²) in [6.45, 7) is -0.523. The van der Waals surface area contributed by atoms with Crippen molar-refractivity contribution in [2.45, 2.75) is 30.8 Å². The number of aliphatic hydroxyl groups is 2. The Morgan fingerprint density at radius 3 is 2.66 bits per heavy atom. The van der Waals surface area contributed by atoms with Crippen LogP contribution < -0.4 is 11.6 Å². The molecule has 200 valence electrons. The zero-order chi connectivity index (χ0) is 27.1. The van der Waals surface area contributed by atoms with Gasteiger partial charge >= 0.3 is 0 Å². The van der Waals surface area contributed by atoms with Gasteiger partial charge in [0, 0.05) is 25.2 Å². The second-order valence-corrected chi connectivity index (χ2v) is 8.98. The van der Waals surface area contributed by atoms with E-state index in [1.807, 2.05) is 29.8 Å². The molecule has 6 N–H and O–H groups in total. The second-order valence-electron chi connectivity index (χ2n) is 8.98. The molecule has 38 heavy (non-hydrogen) atoms. The number of aliphatic hydroxyl groups excluding tert-OH is 2. The summed E-state index contributed by atoms with van der Waals surface area (Å²) in [5, 5.41) is 26.1. The Bertz CT molecular complexity index is 1480. The number of halogens is 3. The van der Waals surface area contributed by atoms with Crippen molar-refractivity contribution in [3.63, 3.8) is 0 Å². The molecular formula is C24H25F3N8O3. The maximum Gasteiger partial charge on any atom is 0.194 e. The molecule has 3 heterocycles. The quantitative estimate of drug-likeness (QED) is 0.164. The summed E-state index contributed by atoms with van der Waals surface area (Å²) in [5.41, 5.74) is 8.02. The smallest absolute Gasteiger partial charge is 0.194 e. The molecule has 1 aliphatic heterocycles.